The molecule has 2 heterocycles. The van der Waals surface area contributed by atoms with Crippen molar-refractivity contribution in [2.45, 2.75) is 31.7 Å². The lowest BCUT2D eigenvalue weighted by Crippen LogP contribution is -2.45. The van der Waals surface area contributed by atoms with Gasteiger partial charge < -0.3 is 9.80 Å². The number of piperidine rings is 1. The highest BCUT2D eigenvalue weighted by Gasteiger charge is 2.29. The molecule has 0 bridgehead atoms. The largest absolute Gasteiger partial charge is 0.368 e. The lowest BCUT2D eigenvalue weighted by molar-refractivity contribution is 0.212. The van der Waals surface area contributed by atoms with E-state index < -0.39 is 0 Å². The Labute approximate surface area is 154 Å². The van der Waals surface area contributed by atoms with Crippen molar-refractivity contribution in [2.24, 2.45) is 0 Å². The second-order valence-corrected chi connectivity index (χ2v) is 7.35. The van der Waals surface area contributed by atoms with Crippen LogP contribution < -0.4 is 4.90 Å². The monoisotopic (exact) mass is 349 g/mol. The predicted octanol–water partition coefficient (Wildman–Crippen LogP) is 3.77. The number of nitrogens with zero attached hydrogens (tertiary/aromatic N) is 3. The van der Waals surface area contributed by atoms with Crippen molar-refractivity contribution in [1.29, 1.82) is 5.26 Å². The maximum absolute atomic E-state index is 13.0. The smallest absolute Gasteiger partial charge is 0.123 e. The molecule has 0 amide bonds. The molecule has 2 aliphatic heterocycles. The summed E-state index contributed by atoms with van der Waals surface area (Å²) in [4.78, 5) is 5.04. The first kappa shape index (κ1) is 17.1. The Balaban J connectivity index is 1.32. The van der Waals surface area contributed by atoms with Crippen LogP contribution in [-0.4, -0.2) is 37.1 Å². The number of benzene rings is 2. The molecule has 3 nitrogen and oxygen atoms in total. The summed E-state index contributed by atoms with van der Waals surface area (Å²) in [6.45, 7) is 4.32. The molecule has 4 rings (SSSR count). The Morgan fingerprint density at radius 3 is 2.54 bits per heavy atom. The van der Waals surface area contributed by atoms with Gasteiger partial charge in [-0.15, -0.1) is 0 Å². The van der Waals surface area contributed by atoms with Gasteiger partial charge in [0.2, 0.25) is 0 Å². The Morgan fingerprint density at radius 2 is 1.81 bits per heavy atom. The fraction of sp³-hybridized carbons (Fsp3) is 0.409. The maximum Gasteiger partial charge on any atom is 0.123 e. The van der Waals surface area contributed by atoms with E-state index in [0.29, 0.717) is 6.04 Å². The third-order valence-corrected chi connectivity index (χ3v) is 5.77. The molecule has 2 aliphatic rings. The van der Waals surface area contributed by atoms with Gasteiger partial charge in [-0.1, -0.05) is 18.2 Å². The number of rotatable bonds is 4. The quantitative estimate of drug-likeness (QED) is 0.842. The number of hydrogen-bond donors (Lipinski definition) is 0. The minimum atomic E-state index is -0.167. The van der Waals surface area contributed by atoms with Crippen molar-refractivity contribution < 1.29 is 4.39 Å². The van der Waals surface area contributed by atoms with Crippen LogP contribution in [0.2, 0.25) is 0 Å². The van der Waals surface area contributed by atoms with Crippen molar-refractivity contribution >= 4 is 5.69 Å². The Bertz CT molecular complexity index is 801. The molecule has 1 saturated heterocycles. The molecule has 2 aromatic carbocycles. The fourth-order valence-corrected chi connectivity index (χ4v) is 4.25. The van der Waals surface area contributed by atoms with Crippen molar-refractivity contribution in [3.63, 3.8) is 0 Å². The summed E-state index contributed by atoms with van der Waals surface area (Å²) in [5.74, 6) is -0.167. The van der Waals surface area contributed by atoms with E-state index in [0.717, 1.165) is 44.6 Å². The van der Waals surface area contributed by atoms with E-state index in [1.807, 2.05) is 18.2 Å². The minimum Gasteiger partial charge on any atom is -0.368 e. The molecule has 0 N–H and O–H groups in total. The second kappa shape index (κ2) is 7.47. The molecule has 26 heavy (non-hydrogen) atoms. The van der Waals surface area contributed by atoms with Crippen LogP contribution in [0.5, 0.6) is 0 Å². The number of fused-ring (bicyclic) bond motifs is 1. The summed E-state index contributed by atoms with van der Waals surface area (Å²) < 4.78 is 13.0. The first-order valence-electron chi connectivity index (χ1n) is 9.49. The van der Waals surface area contributed by atoms with Gasteiger partial charge in [-0.2, -0.15) is 5.26 Å². The van der Waals surface area contributed by atoms with Crippen LogP contribution >= 0.6 is 0 Å². The zero-order valence-electron chi connectivity index (χ0n) is 15.0. The lowest BCUT2D eigenvalue weighted by Gasteiger charge is -2.38. The van der Waals surface area contributed by atoms with Crippen molar-refractivity contribution in [3.05, 3.63) is 65.0 Å². The highest BCUT2D eigenvalue weighted by molar-refractivity contribution is 5.62. The molecule has 0 spiro atoms. The van der Waals surface area contributed by atoms with Gasteiger partial charge in [0.15, 0.2) is 0 Å². The molecule has 0 radical (unpaired) electrons. The topological polar surface area (TPSA) is 30.3 Å². The average Bonchev–Trinajstić information content (AvgIpc) is 3.11. The Hall–Kier alpha value is -2.38. The van der Waals surface area contributed by atoms with Gasteiger partial charge in [0.25, 0.3) is 0 Å². The van der Waals surface area contributed by atoms with Crippen LogP contribution in [0.3, 0.4) is 0 Å². The van der Waals surface area contributed by atoms with E-state index in [1.165, 1.54) is 29.7 Å². The summed E-state index contributed by atoms with van der Waals surface area (Å²) in [7, 11) is 0. The number of anilines is 1. The predicted molar refractivity (Wildman–Crippen MR) is 102 cm³/mol. The zero-order valence-corrected chi connectivity index (χ0v) is 15.0. The molecule has 0 aliphatic carbocycles. The van der Waals surface area contributed by atoms with Crippen LogP contribution in [0.4, 0.5) is 10.1 Å². The van der Waals surface area contributed by atoms with Crippen LogP contribution in [0, 0.1) is 17.1 Å². The van der Waals surface area contributed by atoms with E-state index in [4.69, 9.17) is 0 Å². The highest BCUT2D eigenvalue weighted by atomic mass is 19.1. The highest BCUT2D eigenvalue weighted by Crippen LogP contribution is 2.33. The van der Waals surface area contributed by atoms with Gasteiger partial charge in [-0.25, -0.2) is 4.39 Å². The van der Waals surface area contributed by atoms with Gasteiger partial charge in [-0.3, -0.25) is 0 Å². The van der Waals surface area contributed by atoms with E-state index in [-0.39, 0.29) is 5.82 Å². The molecule has 134 valence electrons. The number of likely N-dealkylation sites (tertiary alicyclic amines) is 1. The van der Waals surface area contributed by atoms with Crippen molar-refractivity contribution in [3.8, 4) is 6.07 Å². The molecular weight excluding hydrogens is 325 g/mol. The fourth-order valence-electron chi connectivity index (χ4n) is 4.25. The first-order chi connectivity index (χ1) is 12.7. The van der Waals surface area contributed by atoms with Gasteiger partial charge in [0.1, 0.15) is 5.82 Å². The van der Waals surface area contributed by atoms with Crippen LogP contribution in [0.1, 0.15) is 29.5 Å². The standard InChI is InChI=1S/C22H24FN3/c23-20-5-2-17(3-6-20)7-11-25-12-9-21(10-13-25)26-14-8-19-4-1-18(16-24)15-22(19)26/h1-6,15,21H,7-14H2. The summed E-state index contributed by atoms with van der Waals surface area (Å²) in [5.41, 5.74) is 4.61. The maximum atomic E-state index is 13.0. The summed E-state index contributed by atoms with van der Waals surface area (Å²) in [6, 6.07) is 15.8. The summed E-state index contributed by atoms with van der Waals surface area (Å²) in [5, 5.41) is 9.17. The molecule has 0 saturated carbocycles. The van der Waals surface area contributed by atoms with E-state index in [2.05, 4.69) is 28.0 Å². The molecule has 2 aromatic rings. The normalized spacial score (nSPS) is 17.9. The summed E-state index contributed by atoms with van der Waals surface area (Å²) >= 11 is 0. The molecule has 4 heteroatoms. The van der Waals surface area contributed by atoms with Crippen LogP contribution in [-0.2, 0) is 12.8 Å². The van der Waals surface area contributed by atoms with E-state index in [1.54, 1.807) is 12.1 Å². The average molecular weight is 349 g/mol. The van der Waals surface area contributed by atoms with Crippen molar-refractivity contribution in [1.82, 2.24) is 4.90 Å². The van der Waals surface area contributed by atoms with Gasteiger partial charge in [-0.05, 0) is 61.1 Å². The van der Waals surface area contributed by atoms with Gasteiger partial charge >= 0.3 is 0 Å². The number of hydrogen-bond acceptors (Lipinski definition) is 3. The SMILES string of the molecule is N#Cc1ccc2c(c1)N(C1CCN(CCc3ccc(F)cc3)CC1)CC2. The third kappa shape index (κ3) is 3.59. The minimum absolute atomic E-state index is 0.167. The van der Waals surface area contributed by atoms with E-state index >= 15 is 0 Å². The Morgan fingerprint density at radius 1 is 1.04 bits per heavy atom. The molecule has 0 aromatic heterocycles. The second-order valence-electron chi connectivity index (χ2n) is 7.35. The van der Waals surface area contributed by atoms with Gasteiger partial charge in [0.05, 0.1) is 11.6 Å². The zero-order chi connectivity index (χ0) is 17.9. The molecule has 1 fully saturated rings. The third-order valence-electron chi connectivity index (χ3n) is 5.77. The molecule has 0 atom stereocenters. The summed E-state index contributed by atoms with van der Waals surface area (Å²) in [6.07, 6.45) is 4.40. The lowest BCUT2D eigenvalue weighted by atomic mass is 10.0. The Kier molecular flexibility index (Phi) is 4.90. The number of nitriles is 1. The van der Waals surface area contributed by atoms with Crippen LogP contribution in [0.25, 0.3) is 0 Å². The molecule has 0 unspecified atom stereocenters. The van der Waals surface area contributed by atoms with Crippen molar-refractivity contribution in [2.75, 3.05) is 31.1 Å². The number of halogens is 1. The van der Waals surface area contributed by atoms with E-state index in [9.17, 15) is 9.65 Å². The first-order valence-corrected chi connectivity index (χ1v) is 9.49. The van der Waals surface area contributed by atoms with Crippen LogP contribution in [0.15, 0.2) is 42.5 Å². The van der Waals surface area contributed by atoms with Gasteiger partial charge in [0, 0.05) is 37.9 Å². The molecular formula is C22H24FN3.